The summed E-state index contributed by atoms with van der Waals surface area (Å²) in [5, 5.41) is 12.9. The summed E-state index contributed by atoms with van der Waals surface area (Å²) in [6, 6.07) is 12.5. The van der Waals surface area contributed by atoms with E-state index in [9.17, 15) is 9.90 Å². The van der Waals surface area contributed by atoms with Crippen molar-refractivity contribution in [3.8, 4) is 5.75 Å². The number of furan rings is 1. The van der Waals surface area contributed by atoms with E-state index in [0.29, 0.717) is 11.5 Å². The molecule has 1 aromatic heterocycles. The number of hydrogen-bond acceptors (Lipinski definition) is 4. The monoisotopic (exact) mass is 289 g/mol. The van der Waals surface area contributed by atoms with Crippen molar-refractivity contribution in [3.05, 3.63) is 54.5 Å². The molecule has 2 atom stereocenters. The van der Waals surface area contributed by atoms with Gasteiger partial charge in [0.25, 0.3) is 5.91 Å². The number of nitrogens with one attached hydrogen (secondary N) is 1. The third-order valence-electron chi connectivity index (χ3n) is 3.08. The topological polar surface area (TPSA) is 71.7 Å². The number of carbonyl (C=O) groups is 1. The molecular weight excluding hydrogens is 270 g/mol. The fourth-order valence-electron chi connectivity index (χ4n) is 1.83. The van der Waals surface area contributed by atoms with E-state index in [1.165, 1.54) is 6.26 Å². The zero-order chi connectivity index (χ0) is 15.3. The van der Waals surface area contributed by atoms with Crippen LogP contribution in [0, 0.1) is 0 Å². The molecule has 5 nitrogen and oxygen atoms in total. The lowest BCUT2D eigenvalue weighted by atomic mass is 10.0. The Bertz CT molecular complexity index is 563. The molecule has 0 saturated heterocycles. The number of benzene rings is 1. The summed E-state index contributed by atoms with van der Waals surface area (Å²) in [7, 11) is 0. The number of para-hydroxylation sites is 1. The number of rotatable bonds is 6. The average Bonchev–Trinajstić information content (AvgIpc) is 3.01. The molecule has 2 unspecified atom stereocenters. The van der Waals surface area contributed by atoms with Gasteiger partial charge in [0.2, 0.25) is 0 Å². The predicted molar refractivity (Wildman–Crippen MR) is 77.8 cm³/mol. The van der Waals surface area contributed by atoms with Gasteiger partial charge in [-0.1, -0.05) is 18.2 Å². The van der Waals surface area contributed by atoms with Crippen molar-refractivity contribution < 1.29 is 19.1 Å². The van der Waals surface area contributed by atoms with Crippen molar-refractivity contribution in [3.63, 3.8) is 0 Å². The van der Waals surface area contributed by atoms with Crippen molar-refractivity contribution in [1.29, 1.82) is 0 Å². The summed E-state index contributed by atoms with van der Waals surface area (Å²) >= 11 is 0. The second-order valence-electron chi connectivity index (χ2n) is 5.04. The van der Waals surface area contributed by atoms with Gasteiger partial charge in [0, 0.05) is 0 Å². The van der Waals surface area contributed by atoms with E-state index in [1.807, 2.05) is 18.2 Å². The van der Waals surface area contributed by atoms with Crippen LogP contribution in [0.4, 0.5) is 0 Å². The number of ether oxygens (including phenoxy) is 1. The zero-order valence-electron chi connectivity index (χ0n) is 12.1. The minimum atomic E-state index is -1.26. The van der Waals surface area contributed by atoms with Crippen LogP contribution in [0.2, 0.25) is 0 Å². The highest BCUT2D eigenvalue weighted by atomic mass is 16.5. The summed E-state index contributed by atoms with van der Waals surface area (Å²) < 4.78 is 10.7. The molecule has 5 heteroatoms. The quantitative estimate of drug-likeness (QED) is 0.854. The summed E-state index contributed by atoms with van der Waals surface area (Å²) in [6.07, 6.45) is 0.826. The lowest BCUT2D eigenvalue weighted by molar-refractivity contribution is -0.128. The van der Waals surface area contributed by atoms with Crippen molar-refractivity contribution in [2.75, 3.05) is 6.54 Å². The van der Waals surface area contributed by atoms with Crippen LogP contribution in [0.5, 0.6) is 5.75 Å². The summed E-state index contributed by atoms with van der Waals surface area (Å²) in [5.41, 5.74) is -1.26. The smallest absolute Gasteiger partial charge is 0.260 e. The van der Waals surface area contributed by atoms with Crippen LogP contribution in [0.15, 0.2) is 53.1 Å². The van der Waals surface area contributed by atoms with Gasteiger partial charge < -0.3 is 19.6 Å². The maximum absolute atomic E-state index is 12.0. The molecule has 0 spiro atoms. The molecule has 2 rings (SSSR count). The first-order valence-corrected chi connectivity index (χ1v) is 6.75. The molecule has 0 aliphatic carbocycles. The van der Waals surface area contributed by atoms with E-state index in [2.05, 4.69) is 5.32 Å². The van der Waals surface area contributed by atoms with E-state index in [0.717, 1.165) is 0 Å². The highest BCUT2D eigenvalue weighted by molar-refractivity contribution is 5.80. The minimum Gasteiger partial charge on any atom is -0.481 e. The predicted octanol–water partition coefficient (Wildman–Crippen LogP) is 2.07. The Labute approximate surface area is 123 Å². The highest BCUT2D eigenvalue weighted by Gasteiger charge is 2.28. The van der Waals surface area contributed by atoms with Crippen molar-refractivity contribution in [1.82, 2.24) is 5.32 Å². The van der Waals surface area contributed by atoms with Gasteiger partial charge in [-0.2, -0.15) is 0 Å². The third kappa shape index (κ3) is 4.10. The number of hydrogen-bond donors (Lipinski definition) is 2. The molecule has 0 fully saturated rings. The van der Waals surface area contributed by atoms with Crippen LogP contribution in [0.1, 0.15) is 19.6 Å². The second-order valence-corrected chi connectivity index (χ2v) is 5.04. The maximum Gasteiger partial charge on any atom is 0.260 e. The SMILES string of the molecule is CC(Oc1ccccc1)C(=O)NCC(C)(O)c1ccco1. The standard InChI is InChI=1S/C16H19NO4/c1-12(21-13-7-4-3-5-8-13)15(18)17-11-16(2,19)14-9-6-10-20-14/h3-10,12,19H,11H2,1-2H3,(H,17,18). The van der Waals surface area contributed by atoms with Crippen LogP contribution in [-0.4, -0.2) is 23.7 Å². The molecule has 112 valence electrons. The first kappa shape index (κ1) is 15.1. The molecule has 0 saturated carbocycles. The van der Waals surface area contributed by atoms with Gasteiger partial charge in [0.05, 0.1) is 12.8 Å². The molecule has 21 heavy (non-hydrogen) atoms. The first-order chi connectivity index (χ1) is 9.99. The number of carbonyl (C=O) groups excluding carboxylic acids is 1. The van der Waals surface area contributed by atoms with E-state index < -0.39 is 11.7 Å². The average molecular weight is 289 g/mol. The highest BCUT2D eigenvalue weighted by Crippen LogP contribution is 2.19. The Kier molecular flexibility index (Phi) is 4.65. The number of amides is 1. The molecule has 0 aliphatic heterocycles. The minimum absolute atomic E-state index is 0.0435. The van der Waals surface area contributed by atoms with E-state index in [1.54, 1.807) is 38.1 Å². The van der Waals surface area contributed by atoms with E-state index in [-0.39, 0.29) is 12.5 Å². The van der Waals surface area contributed by atoms with Gasteiger partial charge in [0.15, 0.2) is 6.10 Å². The van der Waals surface area contributed by atoms with E-state index >= 15 is 0 Å². The largest absolute Gasteiger partial charge is 0.481 e. The fraction of sp³-hybridized carbons (Fsp3) is 0.312. The Morgan fingerprint density at radius 3 is 2.67 bits per heavy atom. The van der Waals surface area contributed by atoms with Gasteiger partial charge in [-0.25, -0.2) is 0 Å². The van der Waals surface area contributed by atoms with Gasteiger partial charge in [-0.05, 0) is 38.1 Å². The summed E-state index contributed by atoms with van der Waals surface area (Å²) in [5.74, 6) is 0.725. The van der Waals surface area contributed by atoms with Crippen LogP contribution < -0.4 is 10.1 Å². The molecule has 2 aromatic rings. The molecule has 0 bridgehead atoms. The molecule has 1 aromatic carbocycles. The molecule has 0 radical (unpaired) electrons. The Balaban J connectivity index is 1.87. The van der Waals surface area contributed by atoms with Crippen molar-refractivity contribution >= 4 is 5.91 Å². The normalized spacial score (nSPS) is 15.0. The van der Waals surface area contributed by atoms with Crippen molar-refractivity contribution in [2.24, 2.45) is 0 Å². The molecule has 1 heterocycles. The van der Waals surface area contributed by atoms with Crippen LogP contribution in [0.3, 0.4) is 0 Å². The van der Waals surface area contributed by atoms with Gasteiger partial charge in [-0.15, -0.1) is 0 Å². The Hall–Kier alpha value is -2.27. The maximum atomic E-state index is 12.0. The van der Waals surface area contributed by atoms with Gasteiger partial charge in [-0.3, -0.25) is 4.79 Å². The van der Waals surface area contributed by atoms with E-state index in [4.69, 9.17) is 9.15 Å². The molecule has 2 N–H and O–H groups in total. The van der Waals surface area contributed by atoms with Crippen LogP contribution in [0.25, 0.3) is 0 Å². The van der Waals surface area contributed by atoms with Crippen LogP contribution in [-0.2, 0) is 10.4 Å². The summed E-state index contributed by atoms with van der Waals surface area (Å²) in [6.45, 7) is 3.28. The Morgan fingerprint density at radius 2 is 2.05 bits per heavy atom. The van der Waals surface area contributed by atoms with Gasteiger partial charge in [0.1, 0.15) is 17.1 Å². The second kappa shape index (κ2) is 6.45. The first-order valence-electron chi connectivity index (χ1n) is 6.75. The zero-order valence-corrected chi connectivity index (χ0v) is 12.1. The Morgan fingerprint density at radius 1 is 1.33 bits per heavy atom. The molecule has 1 amide bonds. The lowest BCUT2D eigenvalue weighted by Gasteiger charge is -2.22. The van der Waals surface area contributed by atoms with Crippen LogP contribution >= 0.6 is 0 Å². The van der Waals surface area contributed by atoms with Gasteiger partial charge >= 0.3 is 0 Å². The third-order valence-corrected chi connectivity index (χ3v) is 3.08. The van der Waals surface area contributed by atoms with Crippen molar-refractivity contribution in [2.45, 2.75) is 25.6 Å². The summed E-state index contributed by atoms with van der Waals surface area (Å²) in [4.78, 5) is 12.0. The molecular formula is C16H19NO4. The fourth-order valence-corrected chi connectivity index (χ4v) is 1.83. The molecule has 0 aliphatic rings. The lowest BCUT2D eigenvalue weighted by Crippen LogP contribution is -2.43. The number of aliphatic hydroxyl groups is 1.